The number of hydrogen-bond acceptors (Lipinski definition) is 5. The van der Waals surface area contributed by atoms with Crippen LogP contribution in [-0.4, -0.2) is 86.4 Å². The molecule has 3 heterocycles. The Bertz CT molecular complexity index is 389. The molecule has 1 N–H and O–H groups in total. The van der Waals surface area contributed by atoms with Crippen LogP contribution in [0.5, 0.6) is 0 Å². The van der Waals surface area contributed by atoms with E-state index in [4.69, 9.17) is 9.47 Å². The molecule has 1 amide bonds. The maximum Gasteiger partial charge on any atom is 0.222 e. The normalized spacial score (nSPS) is 31.3. The highest BCUT2D eigenvalue weighted by atomic mass is 16.5. The molecule has 132 valence electrons. The Hall–Kier alpha value is -0.690. The van der Waals surface area contributed by atoms with Gasteiger partial charge in [0.2, 0.25) is 5.91 Å². The number of piperidine rings is 1. The number of likely N-dealkylation sites (tertiary alicyclic amines) is 1. The van der Waals surface area contributed by atoms with Gasteiger partial charge in [-0.2, -0.15) is 0 Å². The molecule has 0 aliphatic carbocycles. The van der Waals surface area contributed by atoms with Crippen molar-refractivity contribution < 1.29 is 14.3 Å². The number of carbonyl (C=O) groups excluding carboxylic acids is 1. The van der Waals surface area contributed by atoms with Crippen LogP contribution < -0.4 is 5.32 Å². The minimum atomic E-state index is -0.191. The number of nitrogens with zero attached hydrogens (tertiary/aromatic N) is 2. The van der Waals surface area contributed by atoms with E-state index in [2.05, 4.69) is 17.1 Å². The van der Waals surface area contributed by atoms with E-state index in [9.17, 15) is 4.79 Å². The number of ether oxygens (including phenoxy) is 2. The van der Waals surface area contributed by atoms with E-state index in [1.165, 1.54) is 0 Å². The van der Waals surface area contributed by atoms with Crippen LogP contribution in [0.2, 0.25) is 0 Å². The van der Waals surface area contributed by atoms with Gasteiger partial charge >= 0.3 is 0 Å². The van der Waals surface area contributed by atoms with E-state index in [-0.39, 0.29) is 5.60 Å². The molecule has 3 aliphatic heterocycles. The minimum absolute atomic E-state index is 0.191. The lowest BCUT2D eigenvalue weighted by Crippen LogP contribution is -2.61. The molecular weight excluding hydrogens is 294 g/mol. The first-order chi connectivity index (χ1) is 11.2. The van der Waals surface area contributed by atoms with Gasteiger partial charge in [0.15, 0.2) is 0 Å². The van der Waals surface area contributed by atoms with Crippen LogP contribution in [0.25, 0.3) is 0 Å². The topological polar surface area (TPSA) is 54.0 Å². The first-order valence-corrected chi connectivity index (χ1v) is 9.17. The third-order valence-electron chi connectivity index (χ3n) is 5.31. The van der Waals surface area contributed by atoms with Crippen molar-refractivity contribution in [2.45, 2.75) is 44.2 Å². The summed E-state index contributed by atoms with van der Waals surface area (Å²) in [6.45, 7) is 9.82. The van der Waals surface area contributed by atoms with Crippen molar-refractivity contribution in [3.63, 3.8) is 0 Å². The van der Waals surface area contributed by atoms with Crippen molar-refractivity contribution in [1.29, 1.82) is 0 Å². The molecule has 0 saturated carbocycles. The second kappa shape index (κ2) is 7.92. The Morgan fingerprint density at radius 2 is 2.09 bits per heavy atom. The Morgan fingerprint density at radius 3 is 2.87 bits per heavy atom. The van der Waals surface area contributed by atoms with Crippen LogP contribution >= 0.6 is 0 Å². The number of hydrogen-bond donors (Lipinski definition) is 1. The van der Waals surface area contributed by atoms with Gasteiger partial charge in [0, 0.05) is 51.7 Å². The largest absolute Gasteiger partial charge is 0.377 e. The molecule has 3 aliphatic rings. The van der Waals surface area contributed by atoms with Gasteiger partial charge in [-0.25, -0.2) is 0 Å². The Balaban J connectivity index is 1.52. The predicted molar refractivity (Wildman–Crippen MR) is 88.5 cm³/mol. The van der Waals surface area contributed by atoms with Gasteiger partial charge in [-0.15, -0.1) is 0 Å². The van der Waals surface area contributed by atoms with E-state index >= 15 is 0 Å². The van der Waals surface area contributed by atoms with Crippen LogP contribution in [0.1, 0.15) is 32.6 Å². The lowest BCUT2D eigenvalue weighted by atomic mass is 9.97. The fourth-order valence-electron chi connectivity index (χ4n) is 4.00. The van der Waals surface area contributed by atoms with Crippen molar-refractivity contribution in [1.82, 2.24) is 15.1 Å². The zero-order chi connectivity index (χ0) is 16.1. The molecule has 1 atom stereocenters. The first kappa shape index (κ1) is 17.1. The molecule has 6 nitrogen and oxygen atoms in total. The lowest BCUT2D eigenvalue weighted by Gasteiger charge is -2.47. The number of amides is 1. The molecule has 0 bridgehead atoms. The average molecular weight is 325 g/mol. The van der Waals surface area contributed by atoms with Crippen molar-refractivity contribution >= 4 is 5.91 Å². The van der Waals surface area contributed by atoms with Gasteiger partial charge in [-0.05, 0) is 19.3 Å². The van der Waals surface area contributed by atoms with Crippen molar-refractivity contribution in [3.05, 3.63) is 0 Å². The molecule has 0 aromatic rings. The Kier molecular flexibility index (Phi) is 5.91. The van der Waals surface area contributed by atoms with E-state index in [1.54, 1.807) is 0 Å². The zero-order valence-corrected chi connectivity index (χ0v) is 14.4. The quantitative estimate of drug-likeness (QED) is 0.817. The van der Waals surface area contributed by atoms with Crippen molar-refractivity contribution in [2.24, 2.45) is 0 Å². The summed E-state index contributed by atoms with van der Waals surface area (Å²) >= 11 is 0. The summed E-state index contributed by atoms with van der Waals surface area (Å²) < 4.78 is 11.8. The first-order valence-electron chi connectivity index (χ1n) is 9.17. The maximum absolute atomic E-state index is 12.0. The molecule has 1 unspecified atom stereocenters. The van der Waals surface area contributed by atoms with Crippen LogP contribution in [0, 0.1) is 0 Å². The molecule has 0 aromatic carbocycles. The Morgan fingerprint density at radius 1 is 1.26 bits per heavy atom. The molecule has 3 saturated heterocycles. The molecule has 0 radical (unpaired) electrons. The van der Waals surface area contributed by atoms with Gasteiger partial charge < -0.3 is 19.7 Å². The highest BCUT2D eigenvalue weighted by Gasteiger charge is 2.40. The molecule has 1 spiro atoms. The number of nitrogens with one attached hydrogen (secondary N) is 1. The summed E-state index contributed by atoms with van der Waals surface area (Å²) in [7, 11) is 0. The molecule has 0 aromatic heterocycles. The van der Waals surface area contributed by atoms with Crippen molar-refractivity contribution in [2.75, 3.05) is 59.1 Å². The predicted octanol–water partition coefficient (Wildman–Crippen LogP) is 0.468. The van der Waals surface area contributed by atoms with Crippen LogP contribution in [0.15, 0.2) is 0 Å². The van der Waals surface area contributed by atoms with E-state index in [0.717, 1.165) is 71.7 Å². The van der Waals surface area contributed by atoms with Crippen LogP contribution in [-0.2, 0) is 14.3 Å². The number of rotatable bonds is 3. The summed E-state index contributed by atoms with van der Waals surface area (Å²) in [6, 6.07) is 0.574. The average Bonchev–Trinajstić information content (AvgIpc) is 2.81. The number of carbonyl (C=O) groups is 1. The summed E-state index contributed by atoms with van der Waals surface area (Å²) in [6.07, 6.45) is 3.80. The minimum Gasteiger partial charge on any atom is -0.377 e. The zero-order valence-electron chi connectivity index (χ0n) is 14.4. The van der Waals surface area contributed by atoms with Gasteiger partial charge in [0.05, 0.1) is 19.8 Å². The maximum atomic E-state index is 12.0. The van der Waals surface area contributed by atoms with Gasteiger partial charge in [0.25, 0.3) is 0 Å². The fraction of sp³-hybridized carbons (Fsp3) is 0.941. The molecule has 23 heavy (non-hydrogen) atoms. The lowest BCUT2D eigenvalue weighted by molar-refractivity contribution is -0.147. The Labute approximate surface area is 139 Å². The molecule has 6 heteroatoms. The fourth-order valence-corrected chi connectivity index (χ4v) is 4.00. The summed E-state index contributed by atoms with van der Waals surface area (Å²) in [4.78, 5) is 16.6. The SMILES string of the molecule is CCCC(=O)N1CCC(N2CCOC3(CNCCOC3)C2)CC1. The number of morpholine rings is 1. The van der Waals surface area contributed by atoms with E-state index < -0.39 is 0 Å². The van der Waals surface area contributed by atoms with Gasteiger partial charge in [-0.1, -0.05) is 6.92 Å². The second-order valence-electron chi connectivity index (χ2n) is 7.09. The molecule has 3 fully saturated rings. The second-order valence-corrected chi connectivity index (χ2v) is 7.09. The van der Waals surface area contributed by atoms with E-state index in [0.29, 0.717) is 25.0 Å². The van der Waals surface area contributed by atoms with Gasteiger partial charge in [-0.3, -0.25) is 9.69 Å². The molecular formula is C17H31N3O3. The van der Waals surface area contributed by atoms with Gasteiger partial charge in [0.1, 0.15) is 5.60 Å². The third kappa shape index (κ3) is 4.24. The third-order valence-corrected chi connectivity index (χ3v) is 5.31. The highest BCUT2D eigenvalue weighted by molar-refractivity contribution is 5.76. The summed E-state index contributed by atoms with van der Waals surface area (Å²) in [5.74, 6) is 0.325. The van der Waals surface area contributed by atoms with Crippen LogP contribution in [0.4, 0.5) is 0 Å². The standard InChI is InChI=1S/C17H31N3O3/c1-2-3-16(21)19-7-4-15(5-8-19)20-9-11-23-17(13-20)12-18-6-10-22-14-17/h15,18H,2-14H2,1H3. The summed E-state index contributed by atoms with van der Waals surface area (Å²) in [5, 5.41) is 3.44. The molecule has 3 rings (SSSR count). The van der Waals surface area contributed by atoms with Crippen LogP contribution in [0.3, 0.4) is 0 Å². The monoisotopic (exact) mass is 325 g/mol. The van der Waals surface area contributed by atoms with Crippen molar-refractivity contribution in [3.8, 4) is 0 Å². The summed E-state index contributed by atoms with van der Waals surface area (Å²) in [5.41, 5.74) is -0.191. The smallest absolute Gasteiger partial charge is 0.222 e. The van der Waals surface area contributed by atoms with E-state index in [1.807, 2.05) is 4.90 Å². The highest BCUT2D eigenvalue weighted by Crippen LogP contribution is 2.25.